The number of benzene rings is 1. The van der Waals surface area contributed by atoms with Crippen molar-refractivity contribution in [3.63, 3.8) is 0 Å². The summed E-state index contributed by atoms with van der Waals surface area (Å²) in [6.45, 7) is 8.10. The van der Waals surface area contributed by atoms with Gasteiger partial charge in [0.1, 0.15) is 0 Å². The van der Waals surface area contributed by atoms with Crippen molar-refractivity contribution in [1.29, 1.82) is 0 Å². The van der Waals surface area contributed by atoms with Crippen molar-refractivity contribution in [2.75, 3.05) is 13.2 Å². The van der Waals surface area contributed by atoms with E-state index in [4.69, 9.17) is 21.1 Å². The van der Waals surface area contributed by atoms with Gasteiger partial charge in [0.25, 0.3) is 0 Å². The van der Waals surface area contributed by atoms with Crippen LogP contribution in [0.1, 0.15) is 39.3 Å². The Balaban J connectivity index is 2.51. The second-order valence-corrected chi connectivity index (χ2v) is 4.93. The highest BCUT2D eigenvalue weighted by Crippen LogP contribution is 2.26. The minimum Gasteiger partial charge on any atom is -0.346 e. The lowest BCUT2D eigenvalue weighted by Gasteiger charge is -2.18. The van der Waals surface area contributed by atoms with Gasteiger partial charge in [0.15, 0.2) is 5.82 Å². The topological polar surface area (TPSA) is 36.3 Å². The van der Waals surface area contributed by atoms with E-state index >= 15 is 0 Å². The molecule has 0 bridgehead atoms. The Morgan fingerprint density at radius 2 is 1.90 bits per heavy atom. The molecule has 0 spiro atoms. The van der Waals surface area contributed by atoms with E-state index in [9.17, 15) is 0 Å². The number of nitrogens with zero attached hydrogens (tertiary/aromatic N) is 2. The molecule has 0 radical (unpaired) electrons. The zero-order valence-electron chi connectivity index (χ0n) is 12.2. The first kappa shape index (κ1) is 15.3. The third-order valence-corrected chi connectivity index (χ3v) is 3.27. The van der Waals surface area contributed by atoms with Gasteiger partial charge in [-0.2, -0.15) is 0 Å². The molecule has 0 fully saturated rings. The Hall–Kier alpha value is -1.10. The van der Waals surface area contributed by atoms with E-state index in [1.54, 1.807) is 0 Å². The molecule has 1 heterocycles. The molecule has 5 heteroatoms. The van der Waals surface area contributed by atoms with Crippen LogP contribution in [0.15, 0.2) is 18.2 Å². The molecule has 4 nitrogen and oxygen atoms in total. The Kier molecular flexibility index (Phi) is 5.40. The van der Waals surface area contributed by atoms with Crippen LogP contribution in [0.25, 0.3) is 11.0 Å². The Morgan fingerprint density at radius 3 is 2.50 bits per heavy atom. The minimum absolute atomic E-state index is 0.428. The van der Waals surface area contributed by atoms with Crippen LogP contribution < -0.4 is 0 Å². The van der Waals surface area contributed by atoms with Crippen LogP contribution in [0.5, 0.6) is 0 Å². The fraction of sp³-hybridized carbons (Fsp3) is 0.533. The Morgan fingerprint density at radius 1 is 1.20 bits per heavy atom. The Bertz CT molecular complexity index is 562. The van der Waals surface area contributed by atoms with Crippen LogP contribution in [0.2, 0.25) is 5.02 Å². The molecule has 0 saturated carbocycles. The highest BCUT2D eigenvalue weighted by Gasteiger charge is 2.20. The third-order valence-electron chi connectivity index (χ3n) is 3.03. The maximum absolute atomic E-state index is 6.05. The maximum atomic E-state index is 6.05. The van der Waals surface area contributed by atoms with Gasteiger partial charge in [-0.05, 0) is 38.5 Å². The number of fused-ring (bicyclic) bond motifs is 1. The summed E-state index contributed by atoms with van der Waals surface area (Å²) < 4.78 is 13.5. The maximum Gasteiger partial charge on any atom is 0.217 e. The molecule has 2 aromatic rings. The molecule has 1 aromatic carbocycles. The van der Waals surface area contributed by atoms with Crippen molar-refractivity contribution >= 4 is 22.6 Å². The number of aryl methyl sites for hydroxylation is 1. The summed E-state index contributed by atoms with van der Waals surface area (Å²) in [6, 6.07) is 5.76. The predicted octanol–water partition coefficient (Wildman–Crippen LogP) is 4.17. The fourth-order valence-corrected chi connectivity index (χ4v) is 2.43. The minimum atomic E-state index is -0.428. The van der Waals surface area contributed by atoms with Gasteiger partial charge in [-0.1, -0.05) is 18.5 Å². The lowest BCUT2D eigenvalue weighted by atomic mass is 10.3. The average Bonchev–Trinajstić information content (AvgIpc) is 2.77. The van der Waals surface area contributed by atoms with Gasteiger partial charge < -0.3 is 14.0 Å². The molecule has 110 valence electrons. The molecule has 0 atom stereocenters. The molecule has 2 rings (SSSR count). The standard InChI is InChI=1S/C15H21ClN2O2/c1-4-9-18-13-8-7-11(16)10-12(13)17-14(18)15(19-5-2)20-6-3/h7-8,10,15H,4-6,9H2,1-3H3. The van der Waals surface area contributed by atoms with Crippen LogP contribution >= 0.6 is 11.6 Å². The number of imidazole rings is 1. The van der Waals surface area contributed by atoms with E-state index in [-0.39, 0.29) is 0 Å². The average molecular weight is 297 g/mol. The first-order chi connectivity index (χ1) is 9.71. The molecular weight excluding hydrogens is 276 g/mol. The molecule has 1 aromatic heterocycles. The fourth-order valence-electron chi connectivity index (χ4n) is 2.26. The summed E-state index contributed by atoms with van der Waals surface area (Å²) in [5.41, 5.74) is 1.95. The number of rotatable bonds is 7. The molecule has 0 N–H and O–H groups in total. The quantitative estimate of drug-likeness (QED) is 0.719. The van der Waals surface area contributed by atoms with Gasteiger partial charge in [-0.3, -0.25) is 0 Å². The van der Waals surface area contributed by atoms with E-state index in [2.05, 4.69) is 16.5 Å². The van der Waals surface area contributed by atoms with Gasteiger partial charge in [-0.15, -0.1) is 0 Å². The van der Waals surface area contributed by atoms with E-state index in [0.29, 0.717) is 18.2 Å². The van der Waals surface area contributed by atoms with Crippen LogP contribution in [0.4, 0.5) is 0 Å². The summed E-state index contributed by atoms with van der Waals surface area (Å²) in [7, 11) is 0. The molecule has 0 aliphatic rings. The summed E-state index contributed by atoms with van der Waals surface area (Å²) in [4.78, 5) is 4.66. The number of aromatic nitrogens is 2. The highest BCUT2D eigenvalue weighted by molar-refractivity contribution is 6.31. The van der Waals surface area contributed by atoms with E-state index in [1.165, 1.54) is 0 Å². The molecule has 0 unspecified atom stereocenters. The first-order valence-electron chi connectivity index (χ1n) is 7.10. The lowest BCUT2D eigenvalue weighted by Crippen LogP contribution is -2.15. The number of halogens is 1. The number of ether oxygens (including phenoxy) is 2. The van der Waals surface area contributed by atoms with E-state index < -0.39 is 6.29 Å². The molecule has 0 saturated heterocycles. The van der Waals surface area contributed by atoms with Crippen molar-refractivity contribution in [2.24, 2.45) is 0 Å². The van der Waals surface area contributed by atoms with Crippen LogP contribution in [-0.2, 0) is 16.0 Å². The zero-order valence-corrected chi connectivity index (χ0v) is 13.0. The van der Waals surface area contributed by atoms with Crippen molar-refractivity contribution in [3.05, 3.63) is 29.0 Å². The van der Waals surface area contributed by atoms with Crippen molar-refractivity contribution in [2.45, 2.75) is 40.0 Å². The SMILES string of the molecule is CCCn1c(C(OCC)OCC)nc2cc(Cl)ccc21. The van der Waals surface area contributed by atoms with Crippen LogP contribution in [-0.4, -0.2) is 22.8 Å². The highest BCUT2D eigenvalue weighted by atomic mass is 35.5. The molecular formula is C15H21ClN2O2. The predicted molar refractivity (Wildman–Crippen MR) is 81.0 cm³/mol. The van der Waals surface area contributed by atoms with Gasteiger partial charge in [0.2, 0.25) is 6.29 Å². The lowest BCUT2D eigenvalue weighted by molar-refractivity contribution is -0.146. The third kappa shape index (κ3) is 3.14. The molecule has 0 amide bonds. The van der Waals surface area contributed by atoms with Crippen LogP contribution in [0, 0.1) is 0 Å². The second-order valence-electron chi connectivity index (χ2n) is 4.50. The second kappa shape index (κ2) is 7.07. The molecule has 0 aliphatic heterocycles. The molecule has 0 aliphatic carbocycles. The normalized spacial score (nSPS) is 11.7. The smallest absolute Gasteiger partial charge is 0.217 e. The van der Waals surface area contributed by atoms with Crippen molar-refractivity contribution in [1.82, 2.24) is 9.55 Å². The van der Waals surface area contributed by atoms with Crippen molar-refractivity contribution < 1.29 is 9.47 Å². The largest absolute Gasteiger partial charge is 0.346 e. The number of hydrogen-bond donors (Lipinski definition) is 0. The van der Waals surface area contributed by atoms with E-state index in [1.807, 2.05) is 32.0 Å². The van der Waals surface area contributed by atoms with Gasteiger partial charge >= 0.3 is 0 Å². The summed E-state index contributed by atoms with van der Waals surface area (Å²) in [6.07, 6.45) is 0.592. The Labute approximate surface area is 124 Å². The van der Waals surface area contributed by atoms with E-state index in [0.717, 1.165) is 29.8 Å². The monoisotopic (exact) mass is 296 g/mol. The number of hydrogen-bond acceptors (Lipinski definition) is 3. The van der Waals surface area contributed by atoms with Crippen LogP contribution in [0.3, 0.4) is 0 Å². The van der Waals surface area contributed by atoms with Gasteiger partial charge in [-0.25, -0.2) is 4.98 Å². The zero-order chi connectivity index (χ0) is 14.5. The molecule has 20 heavy (non-hydrogen) atoms. The summed E-state index contributed by atoms with van der Waals surface area (Å²) >= 11 is 6.05. The summed E-state index contributed by atoms with van der Waals surface area (Å²) in [5.74, 6) is 0.813. The van der Waals surface area contributed by atoms with Gasteiger partial charge in [0, 0.05) is 24.8 Å². The van der Waals surface area contributed by atoms with Gasteiger partial charge in [0.05, 0.1) is 11.0 Å². The van der Waals surface area contributed by atoms with Crippen molar-refractivity contribution in [3.8, 4) is 0 Å². The first-order valence-corrected chi connectivity index (χ1v) is 7.47. The summed E-state index contributed by atoms with van der Waals surface area (Å²) in [5, 5.41) is 0.689.